The zero-order valence-corrected chi connectivity index (χ0v) is 20.5. The van der Waals surface area contributed by atoms with E-state index in [2.05, 4.69) is 109 Å². The highest BCUT2D eigenvalue weighted by atomic mass is 16.3. The van der Waals surface area contributed by atoms with Crippen molar-refractivity contribution in [3.63, 3.8) is 0 Å². The number of benzene rings is 6. The Morgan fingerprint density at radius 3 is 1.37 bits per heavy atom. The highest BCUT2D eigenvalue weighted by Gasteiger charge is 2.68. The van der Waals surface area contributed by atoms with Gasteiger partial charge in [-0.25, -0.2) is 0 Å². The van der Waals surface area contributed by atoms with Crippen molar-refractivity contribution in [2.45, 2.75) is 17.3 Å². The highest BCUT2D eigenvalue weighted by Crippen LogP contribution is 2.74. The molecule has 0 spiro atoms. The molecule has 38 heavy (non-hydrogen) atoms. The molecule has 0 amide bonds. The minimum absolute atomic E-state index is 0.387. The summed E-state index contributed by atoms with van der Waals surface area (Å²) < 4.78 is 6.59. The maximum Gasteiger partial charge on any atom is 0.135 e. The van der Waals surface area contributed by atoms with Gasteiger partial charge in [0.2, 0.25) is 0 Å². The fourth-order valence-corrected chi connectivity index (χ4v) is 9.46. The predicted octanol–water partition coefficient (Wildman–Crippen LogP) is 8.62. The average Bonchev–Trinajstić information content (AvgIpc) is 3.62. The standard InChI is InChI=1S/C37H20O/c1-7-20-8-2-12-24-31(20)23(11-1)36-25-13-3-9-21-19-22-10-4-14-26(33(22)32(21)25)37(24,36)28-16-6-18-30-35(28)34-27(36)15-5-17-29(34)38-30/h1-18H,19H2. The van der Waals surface area contributed by atoms with Gasteiger partial charge in [-0.15, -0.1) is 0 Å². The van der Waals surface area contributed by atoms with Crippen molar-refractivity contribution < 1.29 is 4.42 Å². The Kier molecular flexibility index (Phi) is 2.75. The normalized spacial score (nSPS) is 22.3. The molecule has 11 rings (SSSR count). The molecule has 4 aliphatic carbocycles. The zero-order valence-electron chi connectivity index (χ0n) is 20.5. The molecule has 6 aromatic carbocycles. The van der Waals surface area contributed by atoms with Gasteiger partial charge in [-0.1, -0.05) is 97.1 Å². The zero-order chi connectivity index (χ0) is 24.4. The van der Waals surface area contributed by atoms with Gasteiger partial charge < -0.3 is 4.42 Å². The summed E-state index contributed by atoms with van der Waals surface area (Å²) in [6, 6.07) is 41.7. The molecule has 0 fully saturated rings. The topological polar surface area (TPSA) is 13.1 Å². The van der Waals surface area contributed by atoms with Crippen molar-refractivity contribution in [2.24, 2.45) is 0 Å². The largest absolute Gasteiger partial charge is 0.456 e. The fraction of sp³-hybridized carbons (Fsp3) is 0.0811. The maximum absolute atomic E-state index is 6.59. The molecule has 0 saturated heterocycles. The lowest BCUT2D eigenvalue weighted by atomic mass is 9.44. The first-order valence-corrected chi connectivity index (χ1v) is 13.6. The molecule has 0 N–H and O–H groups in total. The Hall–Kier alpha value is -4.62. The Bertz CT molecular complexity index is 2130. The minimum Gasteiger partial charge on any atom is -0.456 e. The average molecular weight is 481 g/mol. The van der Waals surface area contributed by atoms with Crippen molar-refractivity contribution in [1.29, 1.82) is 0 Å². The molecule has 2 unspecified atom stereocenters. The molecule has 1 nitrogen and oxygen atoms in total. The molecule has 0 radical (unpaired) electrons. The van der Waals surface area contributed by atoms with Crippen LogP contribution in [0.25, 0.3) is 43.8 Å². The van der Waals surface area contributed by atoms with E-state index < -0.39 is 0 Å². The fourth-order valence-electron chi connectivity index (χ4n) is 9.46. The van der Waals surface area contributed by atoms with Crippen molar-refractivity contribution >= 4 is 32.7 Å². The van der Waals surface area contributed by atoms with E-state index in [0.29, 0.717) is 0 Å². The van der Waals surface area contributed by atoms with Crippen LogP contribution in [0.3, 0.4) is 0 Å². The van der Waals surface area contributed by atoms with Gasteiger partial charge >= 0.3 is 0 Å². The van der Waals surface area contributed by atoms with Crippen LogP contribution in [-0.2, 0) is 17.3 Å². The number of rotatable bonds is 0. The lowest BCUT2D eigenvalue weighted by Gasteiger charge is -2.55. The molecule has 1 heteroatoms. The third-order valence-corrected chi connectivity index (χ3v) is 10.3. The van der Waals surface area contributed by atoms with Crippen LogP contribution in [0.1, 0.15) is 44.5 Å². The Labute approximate surface area is 219 Å². The van der Waals surface area contributed by atoms with Gasteiger partial charge in [0.15, 0.2) is 0 Å². The smallest absolute Gasteiger partial charge is 0.135 e. The van der Waals surface area contributed by atoms with Crippen LogP contribution in [0.15, 0.2) is 114 Å². The van der Waals surface area contributed by atoms with Crippen molar-refractivity contribution in [3.05, 3.63) is 154 Å². The second-order valence-electron chi connectivity index (χ2n) is 11.5. The van der Waals surface area contributed by atoms with Crippen LogP contribution in [0, 0.1) is 0 Å². The molecule has 0 saturated carbocycles. The van der Waals surface area contributed by atoms with Crippen molar-refractivity contribution in [2.75, 3.05) is 0 Å². The van der Waals surface area contributed by atoms with Gasteiger partial charge in [0.1, 0.15) is 11.2 Å². The molecular weight excluding hydrogens is 460 g/mol. The van der Waals surface area contributed by atoms with Crippen molar-refractivity contribution in [3.8, 4) is 11.1 Å². The molecule has 7 aromatic rings. The molecule has 0 bridgehead atoms. The summed E-state index contributed by atoms with van der Waals surface area (Å²) in [5.74, 6) is 0. The molecule has 174 valence electrons. The van der Waals surface area contributed by atoms with E-state index in [1.807, 2.05) is 0 Å². The first-order valence-electron chi connectivity index (χ1n) is 13.6. The van der Waals surface area contributed by atoms with Crippen LogP contribution < -0.4 is 0 Å². The van der Waals surface area contributed by atoms with Crippen LogP contribution in [0.2, 0.25) is 0 Å². The van der Waals surface area contributed by atoms with Gasteiger partial charge in [0.25, 0.3) is 0 Å². The molecule has 4 aliphatic rings. The van der Waals surface area contributed by atoms with Gasteiger partial charge in [-0.05, 0) is 85.0 Å². The summed E-state index contributed by atoms with van der Waals surface area (Å²) in [4.78, 5) is 0. The summed E-state index contributed by atoms with van der Waals surface area (Å²) in [7, 11) is 0. The van der Waals surface area contributed by atoms with Crippen molar-refractivity contribution in [1.82, 2.24) is 0 Å². The summed E-state index contributed by atoms with van der Waals surface area (Å²) in [5.41, 5.74) is 15.6. The van der Waals surface area contributed by atoms with Crippen LogP contribution >= 0.6 is 0 Å². The molecular formula is C37H20O. The third kappa shape index (κ3) is 1.56. The maximum atomic E-state index is 6.59. The first-order chi connectivity index (χ1) is 18.8. The molecule has 0 aliphatic heterocycles. The lowest BCUT2D eigenvalue weighted by Crippen LogP contribution is -2.53. The van der Waals surface area contributed by atoms with Crippen LogP contribution in [0.4, 0.5) is 0 Å². The minimum atomic E-state index is -0.387. The molecule has 1 heterocycles. The highest BCUT2D eigenvalue weighted by molar-refractivity contribution is 6.16. The predicted molar refractivity (Wildman–Crippen MR) is 152 cm³/mol. The quantitative estimate of drug-likeness (QED) is 0.212. The van der Waals surface area contributed by atoms with E-state index in [0.717, 1.165) is 17.6 Å². The van der Waals surface area contributed by atoms with E-state index in [1.54, 1.807) is 0 Å². The van der Waals surface area contributed by atoms with E-state index in [-0.39, 0.29) is 10.8 Å². The second-order valence-corrected chi connectivity index (χ2v) is 11.5. The summed E-state index contributed by atoms with van der Waals surface area (Å²) in [6.07, 6.45) is 1.01. The molecule has 2 atom stereocenters. The SMILES string of the molecule is c1cc2c3c(c1)C14c5cccc6cccc(c56)C1(c1cccc(c1-3)C2)c1cccc2oc3cccc4c3c12. The Morgan fingerprint density at radius 2 is 0.842 bits per heavy atom. The Balaban J connectivity index is 1.57. The first kappa shape index (κ1) is 18.6. The van der Waals surface area contributed by atoms with Gasteiger partial charge in [-0.3, -0.25) is 0 Å². The van der Waals surface area contributed by atoms with Crippen LogP contribution in [-0.4, -0.2) is 0 Å². The van der Waals surface area contributed by atoms with E-state index in [4.69, 9.17) is 4.42 Å². The van der Waals surface area contributed by atoms with Gasteiger partial charge in [-0.2, -0.15) is 0 Å². The van der Waals surface area contributed by atoms with E-state index in [1.165, 1.54) is 77.2 Å². The van der Waals surface area contributed by atoms with Gasteiger partial charge in [0.05, 0.1) is 10.8 Å². The van der Waals surface area contributed by atoms with E-state index in [9.17, 15) is 0 Å². The van der Waals surface area contributed by atoms with Crippen LogP contribution in [0.5, 0.6) is 0 Å². The lowest BCUT2D eigenvalue weighted by molar-refractivity contribution is 0.439. The number of furan rings is 1. The monoisotopic (exact) mass is 480 g/mol. The van der Waals surface area contributed by atoms with Gasteiger partial charge in [0, 0.05) is 10.8 Å². The summed E-state index contributed by atoms with van der Waals surface area (Å²) in [6.45, 7) is 0. The van der Waals surface area contributed by atoms with E-state index >= 15 is 0 Å². The number of hydrogen-bond donors (Lipinski definition) is 0. The number of hydrogen-bond acceptors (Lipinski definition) is 1. The summed E-state index contributed by atoms with van der Waals surface area (Å²) in [5, 5.41) is 5.31. The molecule has 1 aromatic heterocycles. The Morgan fingerprint density at radius 1 is 0.421 bits per heavy atom. The summed E-state index contributed by atoms with van der Waals surface area (Å²) >= 11 is 0. The second kappa shape index (κ2) is 5.61. The third-order valence-electron chi connectivity index (χ3n) is 10.3.